The summed E-state index contributed by atoms with van der Waals surface area (Å²) in [5, 5.41) is 2.71. The van der Waals surface area contributed by atoms with Crippen molar-refractivity contribution in [2.24, 2.45) is 11.8 Å². The van der Waals surface area contributed by atoms with Crippen LogP contribution in [0.4, 0.5) is 10.1 Å². The molecule has 0 spiro atoms. The highest BCUT2D eigenvalue weighted by Gasteiger charge is 2.49. The van der Waals surface area contributed by atoms with Crippen LogP contribution in [0.15, 0.2) is 24.3 Å². The van der Waals surface area contributed by atoms with E-state index in [1.807, 2.05) is 13.8 Å². The normalized spacial score (nSPS) is 20.4. The molecule has 20 heavy (non-hydrogen) atoms. The summed E-state index contributed by atoms with van der Waals surface area (Å²) in [4.78, 5) is 25.8. The Morgan fingerprint density at radius 3 is 2.35 bits per heavy atom. The molecule has 0 bridgehead atoms. The van der Waals surface area contributed by atoms with Crippen LogP contribution >= 0.6 is 0 Å². The van der Waals surface area contributed by atoms with Gasteiger partial charge >= 0.3 is 0 Å². The van der Waals surface area contributed by atoms with Crippen LogP contribution in [0.3, 0.4) is 0 Å². The molecule has 4 nitrogen and oxygen atoms in total. The van der Waals surface area contributed by atoms with Gasteiger partial charge < -0.3 is 10.2 Å². The molecule has 5 heteroatoms. The maximum Gasteiger partial charge on any atom is 0.228 e. The third-order valence-corrected chi connectivity index (χ3v) is 3.63. The van der Waals surface area contributed by atoms with E-state index in [1.54, 1.807) is 4.90 Å². The number of nitrogens with one attached hydrogen (secondary N) is 1. The molecule has 0 saturated heterocycles. The van der Waals surface area contributed by atoms with Gasteiger partial charge in [0, 0.05) is 18.8 Å². The van der Waals surface area contributed by atoms with Gasteiger partial charge in [-0.3, -0.25) is 9.59 Å². The summed E-state index contributed by atoms with van der Waals surface area (Å²) >= 11 is 0. The van der Waals surface area contributed by atoms with Crippen LogP contribution in [0.1, 0.15) is 20.3 Å². The summed E-state index contributed by atoms with van der Waals surface area (Å²) in [5.74, 6) is -0.913. The van der Waals surface area contributed by atoms with Gasteiger partial charge in [0.1, 0.15) is 5.82 Å². The van der Waals surface area contributed by atoms with Gasteiger partial charge in [-0.2, -0.15) is 0 Å². The number of hydrogen-bond donors (Lipinski definition) is 1. The zero-order valence-corrected chi connectivity index (χ0v) is 11.7. The van der Waals surface area contributed by atoms with Crippen LogP contribution in [0.2, 0.25) is 0 Å². The van der Waals surface area contributed by atoms with E-state index in [9.17, 15) is 14.0 Å². The molecule has 1 aromatic carbocycles. The van der Waals surface area contributed by atoms with Crippen molar-refractivity contribution in [3.05, 3.63) is 30.1 Å². The Hall–Kier alpha value is -1.91. The molecule has 2 rings (SSSR count). The van der Waals surface area contributed by atoms with Crippen molar-refractivity contribution >= 4 is 17.5 Å². The Morgan fingerprint density at radius 2 is 1.80 bits per heavy atom. The van der Waals surface area contributed by atoms with E-state index in [-0.39, 0.29) is 29.5 Å². The van der Waals surface area contributed by atoms with Crippen molar-refractivity contribution in [3.8, 4) is 0 Å². The number of rotatable bonds is 5. The lowest BCUT2D eigenvalue weighted by atomic mass is 10.2. The first-order chi connectivity index (χ1) is 9.56. The molecule has 0 heterocycles. The minimum absolute atomic E-state index is 0.0502. The predicted octanol–water partition coefficient (Wildman–Crippen LogP) is 2.27. The average molecular weight is 278 g/mol. The molecule has 0 aliphatic heterocycles. The van der Waals surface area contributed by atoms with E-state index in [4.69, 9.17) is 0 Å². The van der Waals surface area contributed by atoms with E-state index < -0.39 is 0 Å². The highest BCUT2D eigenvalue weighted by atomic mass is 19.1. The number of benzene rings is 1. The number of hydrogen-bond acceptors (Lipinski definition) is 2. The van der Waals surface area contributed by atoms with E-state index in [2.05, 4.69) is 5.32 Å². The molecule has 108 valence electrons. The molecule has 1 aliphatic carbocycles. The second kappa shape index (κ2) is 6.03. The summed E-state index contributed by atoms with van der Waals surface area (Å²) in [6.07, 6.45) is 0.600. The molecule has 1 N–H and O–H groups in total. The third-order valence-electron chi connectivity index (χ3n) is 3.63. The Morgan fingerprint density at radius 1 is 1.20 bits per heavy atom. The van der Waals surface area contributed by atoms with Gasteiger partial charge in [-0.05, 0) is 44.5 Å². The van der Waals surface area contributed by atoms with Gasteiger partial charge in [0.2, 0.25) is 11.8 Å². The molecule has 1 aliphatic rings. The Balaban J connectivity index is 1.90. The lowest BCUT2D eigenvalue weighted by Gasteiger charge is -2.18. The van der Waals surface area contributed by atoms with Crippen LogP contribution in [0, 0.1) is 17.7 Å². The molecule has 0 aromatic heterocycles. The Bertz CT molecular complexity index is 497. The minimum Gasteiger partial charge on any atom is -0.343 e. The first-order valence-electron chi connectivity index (χ1n) is 6.92. The summed E-state index contributed by atoms with van der Waals surface area (Å²) in [6.45, 7) is 5.19. The number of amides is 2. The maximum atomic E-state index is 12.8. The van der Waals surface area contributed by atoms with Gasteiger partial charge in [-0.15, -0.1) is 0 Å². The Kier molecular flexibility index (Phi) is 4.37. The smallest absolute Gasteiger partial charge is 0.228 e. The quantitative estimate of drug-likeness (QED) is 0.898. The molecular weight excluding hydrogens is 259 g/mol. The fourth-order valence-corrected chi connectivity index (χ4v) is 2.30. The summed E-state index contributed by atoms with van der Waals surface area (Å²) in [6, 6.07) is 5.61. The fraction of sp³-hybridized carbons (Fsp3) is 0.467. The number of halogens is 1. The lowest BCUT2D eigenvalue weighted by Crippen LogP contribution is -2.33. The van der Waals surface area contributed by atoms with Crippen molar-refractivity contribution < 1.29 is 14.0 Å². The van der Waals surface area contributed by atoms with E-state index in [0.29, 0.717) is 25.2 Å². The SMILES string of the molecule is CCN(CC)C(=O)C1CC1C(=O)Nc1ccc(F)cc1. The summed E-state index contributed by atoms with van der Waals surface area (Å²) in [7, 11) is 0. The molecule has 2 amide bonds. The first-order valence-corrected chi connectivity index (χ1v) is 6.92. The Labute approximate surface area is 118 Å². The molecule has 1 saturated carbocycles. The van der Waals surface area contributed by atoms with Gasteiger partial charge in [0.05, 0.1) is 11.8 Å². The van der Waals surface area contributed by atoms with Gasteiger partial charge in [-0.1, -0.05) is 0 Å². The van der Waals surface area contributed by atoms with Crippen LogP contribution in [0.25, 0.3) is 0 Å². The second-order valence-corrected chi connectivity index (χ2v) is 4.96. The zero-order valence-electron chi connectivity index (χ0n) is 11.7. The van der Waals surface area contributed by atoms with Gasteiger partial charge in [-0.25, -0.2) is 4.39 Å². The fourth-order valence-electron chi connectivity index (χ4n) is 2.30. The lowest BCUT2D eigenvalue weighted by molar-refractivity contribution is -0.133. The standard InChI is InChI=1S/C15H19FN2O2/c1-3-18(4-2)15(20)13-9-12(13)14(19)17-11-7-5-10(16)6-8-11/h5-8,12-13H,3-4,9H2,1-2H3,(H,17,19). The van der Waals surface area contributed by atoms with Crippen LogP contribution < -0.4 is 5.32 Å². The number of carbonyl (C=O) groups excluding carboxylic acids is 2. The molecule has 1 fully saturated rings. The first kappa shape index (κ1) is 14.5. The van der Waals surface area contributed by atoms with Crippen LogP contribution in [-0.4, -0.2) is 29.8 Å². The molecule has 0 radical (unpaired) electrons. The summed E-state index contributed by atoms with van der Waals surface area (Å²) in [5.41, 5.74) is 0.553. The second-order valence-electron chi connectivity index (χ2n) is 4.96. The van der Waals surface area contributed by atoms with Crippen molar-refractivity contribution in [1.82, 2.24) is 4.90 Å². The van der Waals surface area contributed by atoms with Crippen molar-refractivity contribution in [2.45, 2.75) is 20.3 Å². The minimum atomic E-state index is -0.344. The number of nitrogens with zero attached hydrogens (tertiary/aromatic N) is 1. The van der Waals surface area contributed by atoms with Gasteiger partial charge in [0.15, 0.2) is 0 Å². The van der Waals surface area contributed by atoms with E-state index >= 15 is 0 Å². The average Bonchev–Trinajstić information content (AvgIpc) is 3.23. The van der Waals surface area contributed by atoms with Crippen molar-refractivity contribution in [2.75, 3.05) is 18.4 Å². The number of anilines is 1. The third kappa shape index (κ3) is 3.15. The van der Waals surface area contributed by atoms with E-state index in [0.717, 1.165) is 0 Å². The molecule has 2 atom stereocenters. The van der Waals surface area contributed by atoms with Crippen LogP contribution in [0.5, 0.6) is 0 Å². The largest absolute Gasteiger partial charge is 0.343 e. The highest BCUT2D eigenvalue weighted by Crippen LogP contribution is 2.40. The predicted molar refractivity (Wildman–Crippen MR) is 74.6 cm³/mol. The van der Waals surface area contributed by atoms with Crippen LogP contribution in [-0.2, 0) is 9.59 Å². The summed E-state index contributed by atoms with van der Waals surface area (Å²) < 4.78 is 12.8. The maximum absolute atomic E-state index is 12.8. The van der Waals surface area contributed by atoms with Gasteiger partial charge in [0.25, 0.3) is 0 Å². The zero-order chi connectivity index (χ0) is 14.7. The highest BCUT2D eigenvalue weighted by molar-refractivity contribution is 5.99. The monoisotopic (exact) mass is 278 g/mol. The topological polar surface area (TPSA) is 49.4 Å². The molecule has 1 aromatic rings. The van der Waals surface area contributed by atoms with E-state index in [1.165, 1.54) is 24.3 Å². The molecule has 2 unspecified atom stereocenters. The van der Waals surface area contributed by atoms with Crippen molar-refractivity contribution in [1.29, 1.82) is 0 Å². The van der Waals surface area contributed by atoms with Crippen molar-refractivity contribution in [3.63, 3.8) is 0 Å². The number of carbonyl (C=O) groups is 2. The molecular formula is C15H19FN2O2.